The molecular weight excluding hydrogens is 536 g/mol. The van der Waals surface area contributed by atoms with Crippen LogP contribution in [0.15, 0.2) is 48.6 Å². The number of carbonyl (C=O) groups excluding carboxylic acids is 1. The lowest BCUT2D eigenvalue weighted by Gasteiger charge is -2.52. The number of sulfonamides is 1. The van der Waals surface area contributed by atoms with E-state index in [1.165, 1.54) is 5.56 Å². The van der Waals surface area contributed by atoms with E-state index in [1.54, 1.807) is 24.3 Å². The number of allylic oxidation sites excluding steroid dienone is 1. The molecule has 2 N–H and O–H groups in total. The fraction of sp³-hybridized carbons (Fsp3) is 0.500. The van der Waals surface area contributed by atoms with Crippen LogP contribution in [0, 0.1) is 11.3 Å². The molecule has 0 unspecified atom stereocenters. The summed E-state index contributed by atoms with van der Waals surface area (Å²) < 4.78 is 33.8. The molecule has 1 saturated carbocycles. The van der Waals surface area contributed by atoms with Crippen molar-refractivity contribution in [1.29, 1.82) is 0 Å². The Labute approximate surface area is 236 Å². The lowest BCUT2D eigenvalue weighted by atomic mass is 9.57. The summed E-state index contributed by atoms with van der Waals surface area (Å²) in [5.74, 6) is 0.0740. The molecule has 210 valence electrons. The first kappa shape index (κ1) is 28.0. The van der Waals surface area contributed by atoms with E-state index in [1.807, 2.05) is 24.3 Å². The lowest BCUT2D eigenvalue weighted by Crippen LogP contribution is -2.51. The number of aryl methyl sites for hydroxylation is 1. The number of carbonyl (C=O) groups is 1. The van der Waals surface area contributed by atoms with Gasteiger partial charge in [0.25, 0.3) is 5.91 Å². The molecule has 9 heteroatoms. The van der Waals surface area contributed by atoms with Crippen LogP contribution in [0.1, 0.15) is 66.9 Å². The Kier molecular flexibility index (Phi) is 8.26. The van der Waals surface area contributed by atoms with Crippen LogP contribution in [0.4, 0.5) is 5.69 Å². The molecule has 2 bridgehead atoms. The first-order chi connectivity index (χ1) is 18.6. The maximum atomic E-state index is 13.0. The molecule has 0 spiro atoms. The SMILES string of the molecule is C[C@]12CC[C@H]1CN1CCCCc3cc(Cl)ccc3COc3ccc(cc31)C(=O)NS(=O)(=O)CC/C=C/C[C@@H]2O. The van der Waals surface area contributed by atoms with Crippen LogP contribution in [-0.2, 0) is 23.1 Å². The molecule has 0 radical (unpaired) electrons. The third-order valence-corrected chi connectivity index (χ3v) is 10.2. The number of amides is 1. The molecule has 2 heterocycles. The van der Waals surface area contributed by atoms with Gasteiger partial charge in [-0.05, 0) is 97.7 Å². The van der Waals surface area contributed by atoms with Gasteiger partial charge in [0.2, 0.25) is 10.0 Å². The third kappa shape index (κ3) is 6.28. The summed E-state index contributed by atoms with van der Waals surface area (Å²) in [7, 11) is -3.81. The van der Waals surface area contributed by atoms with Crippen LogP contribution in [0.3, 0.4) is 0 Å². The Bertz CT molecular complexity index is 1360. The van der Waals surface area contributed by atoms with Crippen LogP contribution >= 0.6 is 11.6 Å². The number of nitrogens with one attached hydrogen (secondary N) is 1. The molecule has 5 rings (SSSR count). The zero-order valence-electron chi connectivity index (χ0n) is 22.4. The van der Waals surface area contributed by atoms with Crippen molar-refractivity contribution in [3.63, 3.8) is 0 Å². The average Bonchev–Trinajstić information content (AvgIpc) is 2.92. The predicted molar refractivity (Wildman–Crippen MR) is 154 cm³/mol. The van der Waals surface area contributed by atoms with Gasteiger partial charge in [-0.2, -0.15) is 0 Å². The molecule has 1 fully saturated rings. The number of aliphatic hydroxyl groups excluding tert-OH is 1. The number of benzene rings is 2. The van der Waals surface area contributed by atoms with E-state index in [-0.39, 0.29) is 29.1 Å². The Balaban J connectivity index is 1.54. The van der Waals surface area contributed by atoms with Crippen molar-refractivity contribution < 1.29 is 23.1 Å². The molecule has 0 aromatic heterocycles. The van der Waals surface area contributed by atoms with Gasteiger partial charge >= 0.3 is 0 Å². The molecule has 0 saturated heterocycles. The molecule has 2 aromatic carbocycles. The predicted octanol–water partition coefficient (Wildman–Crippen LogP) is 5.25. The first-order valence-electron chi connectivity index (χ1n) is 13.8. The van der Waals surface area contributed by atoms with Crippen molar-refractivity contribution in [1.82, 2.24) is 4.72 Å². The third-order valence-electron chi connectivity index (χ3n) is 8.73. The first-order valence-corrected chi connectivity index (χ1v) is 15.8. The van der Waals surface area contributed by atoms with Crippen LogP contribution in [-0.4, -0.2) is 44.4 Å². The second-order valence-electron chi connectivity index (χ2n) is 11.3. The van der Waals surface area contributed by atoms with E-state index in [9.17, 15) is 18.3 Å². The van der Waals surface area contributed by atoms with Crippen LogP contribution in [0.25, 0.3) is 0 Å². The van der Waals surface area contributed by atoms with Gasteiger partial charge in [0.1, 0.15) is 12.4 Å². The van der Waals surface area contributed by atoms with Crippen LogP contribution in [0.5, 0.6) is 5.75 Å². The van der Waals surface area contributed by atoms with E-state index in [4.69, 9.17) is 16.3 Å². The van der Waals surface area contributed by atoms with E-state index in [0.717, 1.165) is 56.4 Å². The number of aliphatic hydroxyl groups is 1. The van der Waals surface area contributed by atoms with Crippen molar-refractivity contribution in [2.24, 2.45) is 11.3 Å². The van der Waals surface area contributed by atoms with Crippen LogP contribution < -0.4 is 14.4 Å². The minimum absolute atomic E-state index is 0.200. The van der Waals surface area contributed by atoms with Crippen molar-refractivity contribution in [3.05, 3.63) is 70.3 Å². The number of ether oxygens (including phenoxy) is 1. The van der Waals surface area contributed by atoms with Crippen molar-refractivity contribution in [2.75, 3.05) is 23.7 Å². The van der Waals surface area contributed by atoms with Crippen molar-refractivity contribution >= 4 is 33.2 Å². The summed E-state index contributed by atoms with van der Waals surface area (Å²) in [4.78, 5) is 15.3. The van der Waals surface area contributed by atoms with Gasteiger partial charge in [-0.25, -0.2) is 13.1 Å². The van der Waals surface area contributed by atoms with Gasteiger partial charge in [-0.3, -0.25) is 4.79 Å². The Hall–Kier alpha value is -2.55. The fourth-order valence-electron chi connectivity index (χ4n) is 5.97. The maximum absolute atomic E-state index is 13.0. The van der Waals surface area contributed by atoms with E-state index in [0.29, 0.717) is 23.8 Å². The smallest absolute Gasteiger partial charge is 0.264 e. The summed E-state index contributed by atoms with van der Waals surface area (Å²) in [5, 5.41) is 11.8. The molecule has 2 aliphatic heterocycles. The van der Waals surface area contributed by atoms with Gasteiger partial charge in [-0.15, -0.1) is 0 Å². The maximum Gasteiger partial charge on any atom is 0.264 e. The quantitative estimate of drug-likeness (QED) is 0.419. The van der Waals surface area contributed by atoms with Crippen LogP contribution in [0.2, 0.25) is 5.02 Å². The van der Waals surface area contributed by atoms with Crippen molar-refractivity contribution in [3.8, 4) is 5.75 Å². The van der Waals surface area contributed by atoms with E-state index < -0.39 is 22.0 Å². The standard InChI is InChI=1S/C30H37ClN2O5S/c1-30-14-13-24(30)19-33-15-5-4-7-21-17-25(31)11-9-23(21)20-38-27-12-10-22(18-26(27)33)29(35)32-39(36,37)16-6-2-3-8-28(30)34/h2-3,9-12,17-18,24,28,34H,4-8,13-16,19-20H2,1H3,(H,32,35)/b3-2+/t24-,28-,30-/m0/s1. The highest BCUT2D eigenvalue weighted by atomic mass is 35.5. The molecule has 3 aliphatic rings. The second kappa shape index (κ2) is 11.5. The Morgan fingerprint density at radius 3 is 2.77 bits per heavy atom. The van der Waals surface area contributed by atoms with E-state index in [2.05, 4.69) is 16.5 Å². The minimum atomic E-state index is -3.81. The summed E-state index contributed by atoms with van der Waals surface area (Å²) in [6.07, 6.45) is 8.61. The lowest BCUT2D eigenvalue weighted by molar-refractivity contribution is -0.0694. The molecule has 7 nitrogen and oxygen atoms in total. The molecule has 1 amide bonds. The largest absolute Gasteiger partial charge is 0.487 e. The highest BCUT2D eigenvalue weighted by molar-refractivity contribution is 7.90. The van der Waals surface area contributed by atoms with Gasteiger partial charge < -0.3 is 14.7 Å². The summed E-state index contributed by atoms with van der Waals surface area (Å²) in [6, 6.07) is 11.0. The minimum Gasteiger partial charge on any atom is -0.487 e. The number of rotatable bonds is 0. The average molecular weight is 573 g/mol. The molecule has 2 aromatic rings. The summed E-state index contributed by atoms with van der Waals surface area (Å²) >= 11 is 6.29. The number of nitrogens with zero attached hydrogens (tertiary/aromatic N) is 1. The molecular formula is C30H37ClN2O5S. The van der Waals surface area contributed by atoms with Gasteiger partial charge in [-0.1, -0.05) is 36.7 Å². The number of halogens is 1. The van der Waals surface area contributed by atoms with E-state index >= 15 is 0 Å². The molecule has 1 aliphatic carbocycles. The monoisotopic (exact) mass is 572 g/mol. The van der Waals surface area contributed by atoms with Gasteiger partial charge in [0.15, 0.2) is 0 Å². The highest BCUT2D eigenvalue weighted by Crippen LogP contribution is 2.51. The fourth-order valence-corrected chi connectivity index (χ4v) is 7.12. The molecule has 3 atom stereocenters. The molecule has 39 heavy (non-hydrogen) atoms. The van der Waals surface area contributed by atoms with Gasteiger partial charge in [0, 0.05) is 23.7 Å². The summed E-state index contributed by atoms with van der Waals surface area (Å²) in [6.45, 7) is 3.98. The summed E-state index contributed by atoms with van der Waals surface area (Å²) in [5.41, 5.74) is 3.05. The zero-order valence-corrected chi connectivity index (χ0v) is 23.9. The number of hydrogen-bond acceptors (Lipinski definition) is 6. The second-order valence-corrected chi connectivity index (χ2v) is 13.6. The Morgan fingerprint density at radius 2 is 1.97 bits per heavy atom. The Morgan fingerprint density at radius 1 is 1.13 bits per heavy atom. The van der Waals surface area contributed by atoms with Gasteiger partial charge in [0.05, 0.1) is 17.5 Å². The highest BCUT2D eigenvalue weighted by Gasteiger charge is 2.48. The van der Waals surface area contributed by atoms with Crippen molar-refractivity contribution in [2.45, 2.75) is 64.6 Å². The normalized spacial score (nSPS) is 28.4. The number of fused-ring (bicyclic) bond motifs is 3. The zero-order chi connectivity index (χ0) is 27.6. The number of hydrogen-bond donors (Lipinski definition) is 2. The topological polar surface area (TPSA) is 95.9 Å². The number of anilines is 1.